The molecule has 0 aromatic carbocycles. The second-order valence-corrected chi connectivity index (χ2v) is 6.28. The van der Waals surface area contributed by atoms with E-state index < -0.39 is 0 Å². The van der Waals surface area contributed by atoms with Gasteiger partial charge in [0.05, 0.1) is 5.25 Å². The van der Waals surface area contributed by atoms with Crippen molar-refractivity contribution in [1.29, 1.82) is 0 Å². The third-order valence-corrected chi connectivity index (χ3v) is 2.97. The van der Waals surface area contributed by atoms with Crippen LogP contribution in [0.2, 0.25) is 0 Å². The first-order valence-corrected chi connectivity index (χ1v) is 6.11. The summed E-state index contributed by atoms with van der Waals surface area (Å²) in [5.41, 5.74) is -0.371. The molecule has 0 N–H and O–H groups in total. The van der Waals surface area contributed by atoms with Crippen LogP contribution in [-0.2, 0) is 9.53 Å². The summed E-state index contributed by atoms with van der Waals surface area (Å²) in [6.45, 7) is 11.9. The van der Waals surface area contributed by atoms with E-state index in [0.717, 1.165) is 5.75 Å². The summed E-state index contributed by atoms with van der Waals surface area (Å²) in [6, 6.07) is 0. The molecule has 0 spiro atoms. The van der Waals surface area contributed by atoms with Gasteiger partial charge in [-0.05, 0) is 39.4 Å². The van der Waals surface area contributed by atoms with Crippen LogP contribution in [0.4, 0.5) is 0 Å². The van der Waals surface area contributed by atoms with Crippen LogP contribution in [0.15, 0.2) is 0 Å². The van der Waals surface area contributed by atoms with Gasteiger partial charge in [-0.1, -0.05) is 13.8 Å². The Morgan fingerprint density at radius 3 is 2.14 bits per heavy atom. The van der Waals surface area contributed by atoms with Gasteiger partial charge in [0, 0.05) is 0 Å². The Morgan fingerprint density at radius 1 is 1.29 bits per heavy atom. The van der Waals surface area contributed by atoms with Crippen molar-refractivity contribution in [3.63, 3.8) is 0 Å². The Kier molecular flexibility index (Phi) is 5.57. The molecule has 14 heavy (non-hydrogen) atoms. The number of carbonyl (C=O) groups is 1. The molecule has 3 heteroatoms. The van der Waals surface area contributed by atoms with Crippen molar-refractivity contribution in [1.82, 2.24) is 0 Å². The molecule has 84 valence electrons. The van der Waals surface area contributed by atoms with Gasteiger partial charge in [-0.25, -0.2) is 0 Å². The van der Waals surface area contributed by atoms with Crippen LogP contribution < -0.4 is 0 Å². The van der Waals surface area contributed by atoms with Crippen LogP contribution in [0.25, 0.3) is 0 Å². The number of carbonyl (C=O) groups excluding carboxylic acids is 1. The van der Waals surface area contributed by atoms with Crippen LogP contribution in [0.3, 0.4) is 0 Å². The van der Waals surface area contributed by atoms with Crippen molar-refractivity contribution in [3.05, 3.63) is 0 Å². The summed E-state index contributed by atoms with van der Waals surface area (Å²) in [5, 5.41) is -0.0587. The number of hydrogen-bond acceptors (Lipinski definition) is 3. The molecule has 0 heterocycles. The first kappa shape index (κ1) is 13.8. The Labute approximate surface area is 91.8 Å². The van der Waals surface area contributed by atoms with Crippen molar-refractivity contribution in [2.45, 2.75) is 52.4 Å². The molecule has 0 saturated heterocycles. The lowest BCUT2D eigenvalue weighted by Gasteiger charge is -2.22. The molecule has 0 amide bonds. The normalized spacial score (nSPS) is 14.2. The van der Waals surface area contributed by atoms with E-state index in [1.54, 1.807) is 11.8 Å². The van der Waals surface area contributed by atoms with Gasteiger partial charge in [0.1, 0.15) is 5.60 Å². The predicted octanol–water partition coefficient (Wildman–Crippen LogP) is 3.11. The first-order valence-electron chi connectivity index (χ1n) is 5.07. The van der Waals surface area contributed by atoms with Gasteiger partial charge < -0.3 is 4.74 Å². The summed E-state index contributed by atoms with van der Waals surface area (Å²) in [4.78, 5) is 11.5. The molecule has 0 aromatic heterocycles. The van der Waals surface area contributed by atoms with Crippen LogP contribution in [0, 0.1) is 5.92 Å². The van der Waals surface area contributed by atoms with Crippen molar-refractivity contribution in [2.75, 3.05) is 5.75 Å². The van der Waals surface area contributed by atoms with E-state index in [2.05, 4.69) is 13.8 Å². The summed E-state index contributed by atoms with van der Waals surface area (Å²) >= 11 is 1.66. The molecule has 0 aliphatic heterocycles. The lowest BCUT2D eigenvalue weighted by Crippen LogP contribution is -2.29. The van der Waals surface area contributed by atoms with E-state index in [1.165, 1.54) is 0 Å². The minimum Gasteiger partial charge on any atom is -0.459 e. The van der Waals surface area contributed by atoms with Crippen molar-refractivity contribution >= 4 is 17.7 Å². The maximum atomic E-state index is 11.5. The molecule has 0 aromatic rings. The lowest BCUT2D eigenvalue weighted by molar-refractivity contribution is -0.153. The quantitative estimate of drug-likeness (QED) is 0.678. The van der Waals surface area contributed by atoms with E-state index in [9.17, 15) is 4.79 Å². The predicted molar refractivity (Wildman–Crippen MR) is 62.6 cm³/mol. The zero-order valence-electron chi connectivity index (χ0n) is 10.1. The second-order valence-electron chi connectivity index (χ2n) is 4.90. The highest BCUT2D eigenvalue weighted by Gasteiger charge is 2.21. The van der Waals surface area contributed by atoms with Crippen LogP contribution >= 0.6 is 11.8 Å². The summed E-state index contributed by atoms with van der Waals surface area (Å²) in [6.07, 6.45) is 0. The van der Waals surface area contributed by atoms with Gasteiger partial charge in [0.2, 0.25) is 0 Å². The molecule has 0 bridgehead atoms. The van der Waals surface area contributed by atoms with Crippen LogP contribution in [-0.4, -0.2) is 22.6 Å². The number of ether oxygens (including phenoxy) is 1. The standard InChI is InChI=1S/C11H22O2S/c1-8(2)7-14-9(3)10(12)13-11(4,5)6/h8-9H,7H2,1-6H3. The highest BCUT2D eigenvalue weighted by atomic mass is 32.2. The summed E-state index contributed by atoms with van der Waals surface area (Å²) in [7, 11) is 0. The minimum absolute atomic E-state index is 0.0587. The Morgan fingerprint density at radius 2 is 1.79 bits per heavy atom. The zero-order chi connectivity index (χ0) is 11.4. The molecule has 0 aliphatic rings. The Bertz CT molecular complexity index is 182. The molecular weight excluding hydrogens is 196 g/mol. The van der Waals surface area contributed by atoms with Gasteiger partial charge in [0.25, 0.3) is 0 Å². The molecular formula is C11H22O2S. The first-order chi connectivity index (χ1) is 6.22. The molecule has 0 radical (unpaired) electrons. The van der Waals surface area contributed by atoms with Gasteiger partial charge in [-0.3, -0.25) is 4.79 Å². The Balaban J connectivity index is 3.88. The third kappa shape index (κ3) is 7.25. The smallest absolute Gasteiger partial charge is 0.319 e. The van der Waals surface area contributed by atoms with Crippen LogP contribution in [0.1, 0.15) is 41.5 Å². The SMILES string of the molecule is CC(C)CSC(C)C(=O)OC(C)(C)C. The van der Waals surface area contributed by atoms with Gasteiger partial charge in [-0.15, -0.1) is 11.8 Å². The summed E-state index contributed by atoms with van der Waals surface area (Å²) < 4.78 is 5.27. The van der Waals surface area contributed by atoms with E-state index >= 15 is 0 Å². The fourth-order valence-corrected chi connectivity index (χ4v) is 1.65. The number of rotatable bonds is 4. The topological polar surface area (TPSA) is 26.3 Å². The molecule has 2 nitrogen and oxygen atoms in total. The van der Waals surface area contributed by atoms with E-state index in [1.807, 2.05) is 27.7 Å². The Hall–Kier alpha value is -0.180. The monoisotopic (exact) mass is 218 g/mol. The zero-order valence-corrected chi connectivity index (χ0v) is 10.9. The minimum atomic E-state index is -0.371. The highest BCUT2D eigenvalue weighted by Crippen LogP contribution is 2.18. The maximum absolute atomic E-state index is 11.5. The molecule has 0 fully saturated rings. The van der Waals surface area contributed by atoms with Crippen molar-refractivity contribution < 1.29 is 9.53 Å². The second kappa shape index (κ2) is 5.64. The average Bonchev–Trinajstić information content (AvgIpc) is 1.96. The highest BCUT2D eigenvalue weighted by molar-refractivity contribution is 8.00. The van der Waals surface area contributed by atoms with E-state index in [-0.39, 0.29) is 16.8 Å². The largest absolute Gasteiger partial charge is 0.459 e. The van der Waals surface area contributed by atoms with Gasteiger partial charge >= 0.3 is 5.97 Å². The number of thioether (sulfide) groups is 1. The van der Waals surface area contributed by atoms with Crippen molar-refractivity contribution in [2.24, 2.45) is 5.92 Å². The molecule has 0 rings (SSSR count). The lowest BCUT2D eigenvalue weighted by atomic mass is 10.2. The molecule has 1 atom stereocenters. The van der Waals surface area contributed by atoms with E-state index in [0.29, 0.717) is 5.92 Å². The fraction of sp³-hybridized carbons (Fsp3) is 0.909. The molecule has 0 aliphatic carbocycles. The fourth-order valence-electron chi connectivity index (χ4n) is 0.790. The molecule has 0 saturated carbocycles. The number of hydrogen-bond donors (Lipinski definition) is 0. The van der Waals surface area contributed by atoms with E-state index in [4.69, 9.17) is 4.74 Å². The summed E-state index contributed by atoms with van der Waals surface area (Å²) in [5.74, 6) is 1.51. The van der Waals surface area contributed by atoms with Crippen LogP contribution in [0.5, 0.6) is 0 Å². The van der Waals surface area contributed by atoms with Gasteiger partial charge in [-0.2, -0.15) is 0 Å². The third-order valence-electron chi connectivity index (χ3n) is 1.42. The van der Waals surface area contributed by atoms with Crippen molar-refractivity contribution in [3.8, 4) is 0 Å². The molecule has 1 unspecified atom stereocenters. The maximum Gasteiger partial charge on any atom is 0.319 e. The van der Waals surface area contributed by atoms with Gasteiger partial charge in [0.15, 0.2) is 0 Å². The number of esters is 1. The average molecular weight is 218 g/mol.